The molecule has 1 aliphatic carbocycles. The van der Waals surface area contributed by atoms with Gasteiger partial charge in [-0.25, -0.2) is 4.79 Å². The van der Waals surface area contributed by atoms with Crippen LogP contribution >= 0.6 is 0 Å². The van der Waals surface area contributed by atoms with Crippen LogP contribution in [0.3, 0.4) is 0 Å². The molecule has 0 aromatic heterocycles. The number of methoxy groups -OCH3 is 1. The molecule has 0 fully saturated rings. The zero-order chi connectivity index (χ0) is 10.2. The standard InChI is InChI=1S/C11H16O3/c1-13-11(12)9-14-10-7-5-3-2-4-6-8-10/h10H,2-5,7,9H2,1H3. The number of esters is 1. The minimum absolute atomic E-state index is 0.00977. The van der Waals surface area contributed by atoms with E-state index in [-0.39, 0.29) is 18.7 Å². The van der Waals surface area contributed by atoms with E-state index in [0.29, 0.717) is 0 Å². The van der Waals surface area contributed by atoms with Gasteiger partial charge < -0.3 is 9.47 Å². The van der Waals surface area contributed by atoms with Crippen molar-refractivity contribution in [2.45, 2.75) is 38.2 Å². The Kier molecular flexibility index (Phi) is 5.09. The largest absolute Gasteiger partial charge is 0.467 e. The molecule has 14 heavy (non-hydrogen) atoms. The molecule has 0 amide bonds. The van der Waals surface area contributed by atoms with Crippen LogP contribution in [0.5, 0.6) is 0 Å². The maximum absolute atomic E-state index is 10.8. The molecule has 1 atom stereocenters. The molecular formula is C11H16O3. The van der Waals surface area contributed by atoms with Crippen molar-refractivity contribution in [2.24, 2.45) is 0 Å². The van der Waals surface area contributed by atoms with E-state index in [4.69, 9.17) is 4.74 Å². The monoisotopic (exact) mass is 196 g/mol. The van der Waals surface area contributed by atoms with Gasteiger partial charge in [0.05, 0.1) is 7.11 Å². The number of hydrogen-bond acceptors (Lipinski definition) is 3. The number of carbonyl (C=O) groups excluding carboxylic acids is 1. The van der Waals surface area contributed by atoms with E-state index in [0.717, 1.165) is 19.3 Å². The quantitative estimate of drug-likeness (QED) is 0.507. The SMILES string of the molecule is COC(=O)COC1C#CCCCCC1. The summed E-state index contributed by atoms with van der Waals surface area (Å²) in [5.41, 5.74) is 0. The van der Waals surface area contributed by atoms with Gasteiger partial charge in [-0.1, -0.05) is 12.3 Å². The maximum atomic E-state index is 10.8. The zero-order valence-electron chi connectivity index (χ0n) is 8.54. The smallest absolute Gasteiger partial charge is 0.331 e. The molecule has 1 rings (SSSR count). The summed E-state index contributed by atoms with van der Waals surface area (Å²) in [6.07, 6.45) is 5.28. The third-order valence-corrected chi connectivity index (χ3v) is 2.16. The van der Waals surface area contributed by atoms with Gasteiger partial charge in [0.15, 0.2) is 0 Å². The number of hydrogen-bond donors (Lipinski definition) is 0. The van der Waals surface area contributed by atoms with Gasteiger partial charge in [0, 0.05) is 6.42 Å². The third kappa shape index (κ3) is 4.29. The van der Waals surface area contributed by atoms with Gasteiger partial charge in [0.1, 0.15) is 12.7 Å². The van der Waals surface area contributed by atoms with E-state index < -0.39 is 0 Å². The molecule has 0 radical (unpaired) electrons. The fraction of sp³-hybridized carbons (Fsp3) is 0.727. The fourth-order valence-corrected chi connectivity index (χ4v) is 1.33. The molecule has 3 heteroatoms. The molecular weight excluding hydrogens is 180 g/mol. The highest BCUT2D eigenvalue weighted by Crippen LogP contribution is 2.10. The maximum Gasteiger partial charge on any atom is 0.331 e. The first-order valence-corrected chi connectivity index (χ1v) is 4.99. The Morgan fingerprint density at radius 3 is 3.07 bits per heavy atom. The lowest BCUT2D eigenvalue weighted by atomic mass is 10.1. The van der Waals surface area contributed by atoms with Crippen LogP contribution in [0, 0.1) is 11.8 Å². The van der Waals surface area contributed by atoms with Gasteiger partial charge in [-0.3, -0.25) is 0 Å². The van der Waals surface area contributed by atoms with Crippen molar-refractivity contribution in [2.75, 3.05) is 13.7 Å². The van der Waals surface area contributed by atoms with Crippen LogP contribution in [0.15, 0.2) is 0 Å². The van der Waals surface area contributed by atoms with Crippen LogP contribution in [-0.2, 0) is 14.3 Å². The van der Waals surface area contributed by atoms with Gasteiger partial charge in [0.25, 0.3) is 0 Å². The molecule has 1 unspecified atom stereocenters. The molecule has 0 bridgehead atoms. The summed E-state index contributed by atoms with van der Waals surface area (Å²) in [5, 5.41) is 0. The second-order valence-electron chi connectivity index (χ2n) is 3.30. The molecule has 0 aliphatic heterocycles. The summed E-state index contributed by atoms with van der Waals surface area (Å²) in [6, 6.07) is 0. The van der Waals surface area contributed by atoms with E-state index in [2.05, 4.69) is 16.6 Å². The van der Waals surface area contributed by atoms with Crippen molar-refractivity contribution < 1.29 is 14.3 Å². The second kappa shape index (κ2) is 6.44. The summed E-state index contributed by atoms with van der Waals surface area (Å²) in [6.45, 7) is 0.00977. The second-order valence-corrected chi connectivity index (χ2v) is 3.30. The van der Waals surface area contributed by atoms with E-state index in [1.807, 2.05) is 0 Å². The molecule has 0 saturated heterocycles. The van der Waals surface area contributed by atoms with Gasteiger partial charge in [0.2, 0.25) is 0 Å². The van der Waals surface area contributed by atoms with Crippen molar-refractivity contribution in [1.29, 1.82) is 0 Å². The normalized spacial score (nSPS) is 21.4. The summed E-state index contributed by atoms with van der Waals surface area (Å²) in [5.74, 6) is 5.73. The number of carbonyl (C=O) groups is 1. The highest BCUT2D eigenvalue weighted by molar-refractivity contribution is 5.70. The Labute approximate surface area is 84.8 Å². The molecule has 0 spiro atoms. The average molecular weight is 196 g/mol. The molecule has 0 saturated carbocycles. The van der Waals surface area contributed by atoms with Gasteiger partial charge >= 0.3 is 5.97 Å². The minimum atomic E-state index is -0.339. The number of ether oxygens (including phenoxy) is 2. The van der Waals surface area contributed by atoms with Gasteiger partial charge in [-0.15, -0.1) is 5.92 Å². The highest BCUT2D eigenvalue weighted by atomic mass is 16.6. The van der Waals surface area contributed by atoms with E-state index in [1.54, 1.807) is 0 Å². The van der Waals surface area contributed by atoms with Crippen LogP contribution in [0.2, 0.25) is 0 Å². The van der Waals surface area contributed by atoms with E-state index >= 15 is 0 Å². The summed E-state index contributed by atoms with van der Waals surface area (Å²) < 4.78 is 9.81. The predicted molar refractivity (Wildman–Crippen MR) is 52.6 cm³/mol. The Balaban J connectivity index is 2.30. The first-order chi connectivity index (χ1) is 6.83. The molecule has 78 valence electrons. The van der Waals surface area contributed by atoms with E-state index in [1.165, 1.54) is 20.0 Å². The molecule has 0 aromatic carbocycles. The van der Waals surface area contributed by atoms with Crippen LogP contribution in [0.25, 0.3) is 0 Å². The van der Waals surface area contributed by atoms with Gasteiger partial charge in [-0.2, -0.15) is 0 Å². The molecule has 0 aromatic rings. The molecule has 0 heterocycles. The average Bonchev–Trinajstić information content (AvgIpc) is 2.15. The Morgan fingerprint density at radius 2 is 2.29 bits per heavy atom. The number of rotatable bonds is 3. The Morgan fingerprint density at radius 1 is 1.43 bits per heavy atom. The van der Waals surface area contributed by atoms with Crippen molar-refractivity contribution in [3.8, 4) is 11.8 Å². The van der Waals surface area contributed by atoms with E-state index in [9.17, 15) is 4.79 Å². The minimum Gasteiger partial charge on any atom is -0.467 e. The topological polar surface area (TPSA) is 35.5 Å². The Bertz CT molecular complexity index is 237. The van der Waals surface area contributed by atoms with Crippen molar-refractivity contribution >= 4 is 5.97 Å². The lowest BCUT2D eigenvalue weighted by molar-refractivity contribution is -0.147. The lowest BCUT2D eigenvalue weighted by Gasteiger charge is -2.12. The van der Waals surface area contributed by atoms with Crippen LogP contribution in [0.4, 0.5) is 0 Å². The molecule has 1 aliphatic rings. The fourth-order valence-electron chi connectivity index (χ4n) is 1.33. The summed E-state index contributed by atoms with van der Waals surface area (Å²) in [4.78, 5) is 10.8. The van der Waals surface area contributed by atoms with Crippen molar-refractivity contribution in [3.05, 3.63) is 0 Å². The van der Waals surface area contributed by atoms with Gasteiger partial charge in [-0.05, 0) is 19.3 Å². The summed E-state index contributed by atoms with van der Waals surface area (Å²) >= 11 is 0. The summed E-state index contributed by atoms with van der Waals surface area (Å²) in [7, 11) is 1.36. The molecule has 3 nitrogen and oxygen atoms in total. The highest BCUT2D eigenvalue weighted by Gasteiger charge is 2.09. The Hall–Kier alpha value is -1.01. The first kappa shape index (κ1) is 11.1. The first-order valence-electron chi connectivity index (χ1n) is 4.99. The van der Waals surface area contributed by atoms with Crippen molar-refractivity contribution in [1.82, 2.24) is 0 Å². The predicted octanol–water partition coefficient (Wildman–Crippen LogP) is 1.51. The lowest BCUT2D eigenvalue weighted by Crippen LogP contribution is -2.18. The molecule has 0 N–H and O–H groups in total. The zero-order valence-corrected chi connectivity index (χ0v) is 8.54. The van der Waals surface area contributed by atoms with Crippen LogP contribution in [0.1, 0.15) is 32.1 Å². The van der Waals surface area contributed by atoms with Crippen LogP contribution in [-0.4, -0.2) is 25.8 Å². The third-order valence-electron chi connectivity index (χ3n) is 2.16. The van der Waals surface area contributed by atoms with Crippen molar-refractivity contribution in [3.63, 3.8) is 0 Å². The van der Waals surface area contributed by atoms with Crippen LogP contribution < -0.4 is 0 Å².